The summed E-state index contributed by atoms with van der Waals surface area (Å²) >= 11 is 0. The number of anilines is 1. The molecule has 92 valence electrons. The van der Waals surface area contributed by atoms with Gasteiger partial charge in [-0.25, -0.2) is 0 Å². The lowest BCUT2D eigenvalue weighted by Gasteiger charge is -2.42. The summed E-state index contributed by atoms with van der Waals surface area (Å²) in [7, 11) is 2.23. The first-order valence-electron chi connectivity index (χ1n) is 6.68. The van der Waals surface area contributed by atoms with E-state index in [2.05, 4.69) is 43.1 Å². The Morgan fingerprint density at radius 3 is 2.71 bits per heavy atom. The molecule has 0 spiro atoms. The summed E-state index contributed by atoms with van der Waals surface area (Å²) in [4.78, 5) is 2.47. The first-order chi connectivity index (χ1) is 8.19. The highest BCUT2D eigenvalue weighted by Crippen LogP contribution is 2.59. The van der Waals surface area contributed by atoms with Crippen molar-refractivity contribution in [1.29, 1.82) is 0 Å². The summed E-state index contributed by atoms with van der Waals surface area (Å²) in [5, 5.41) is 0. The molecule has 17 heavy (non-hydrogen) atoms. The highest BCUT2D eigenvalue weighted by Gasteiger charge is 2.59. The van der Waals surface area contributed by atoms with Crippen molar-refractivity contribution in [2.24, 2.45) is 17.6 Å². The lowest BCUT2D eigenvalue weighted by molar-refractivity contribution is 0.374. The van der Waals surface area contributed by atoms with Gasteiger partial charge in [-0.1, -0.05) is 18.2 Å². The Kier molecular flexibility index (Phi) is 2.44. The molecular formula is C15H22N2. The summed E-state index contributed by atoms with van der Waals surface area (Å²) in [6, 6.07) is 8.65. The molecule has 3 unspecified atom stereocenters. The first kappa shape index (κ1) is 11.1. The van der Waals surface area contributed by atoms with Crippen LogP contribution in [0.5, 0.6) is 0 Å². The van der Waals surface area contributed by atoms with E-state index in [-0.39, 0.29) is 5.54 Å². The smallest absolute Gasteiger partial charge is 0.0551 e. The third-order valence-electron chi connectivity index (χ3n) is 5.06. The van der Waals surface area contributed by atoms with Crippen molar-refractivity contribution in [3.8, 4) is 0 Å². The zero-order chi connectivity index (χ0) is 12.0. The molecule has 2 aliphatic rings. The molecule has 0 saturated heterocycles. The van der Waals surface area contributed by atoms with Crippen LogP contribution in [0.15, 0.2) is 24.3 Å². The molecule has 2 saturated carbocycles. The minimum absolute atomic E-state index is 0.233. The predicted octanol–water partition coefficient (Wildman–Crippen LogP) is 2.56. The van der Waals surface area contributed by atoms with Crippen LogP contribution in [0.4, 0.5) is 5.69 Å². The molecule has 0 aromatic heterocycles. The predicted molar refractivity (Wildman–Crippen MR) is 72.2 cm³/mol. The van der Waals surface area contributed by atoms with Crippen molar-refractivity contribution in [1.82, 2.24) is 0 Å². The number of para-hydroxylation sites is 1. The largest absolute Gasteiger partial charge is 0.367 e. The van der Waals surface area contributed by atoms with Crippen LogP contribution in [-0.2, 0) is 0 Å². The van der Waals surface area contributed by atoms with Gasteiger partial charge in [0.2, 0.25) is 0 Å². The van der Waals surface area contributed by atoms with Gasteiger partial charge in [0.1, 0.15) is 0 Å². The van der Waals surface area contributed by atoms with E-state index in [1.54, 1.807) is 0 Å². The number of hydrogen-bond donors (Lipinski definition) is 1. The summed E-state index contributed by atoms with van der Waals surface area (Å²) in [6.07, 6.45) is 4.04. The van der Waals surface area contributed by atoms with Crippen molar-refractivity contribution in [3.63, 3.8) is 0 Å². The summed E-state index contributed by atoms with van der Waals surface area (Å²) in [5.41, 5.74) is 9.07. The monoisotopic (exact) mass is 230 g/mol. The average Bonchev–Trinajstić information content (AvgIpc) is 3.04. The zero-order valence-corrected chi connectivity index (χ0v) is 10.8. The molecule has 0 amide bonds. The van der Waals surface area contributed by atoms with Crippen molar-refractivity contribution < 1.29 is 0 Å². The fourth-order valence-corrected chi connectivity index (χ4v) is 3.83. The molecular weight excluding hydrogens is 208 g/mol. The highest BCUT2D eigenvalue weighted by atomic mass is 15.2. The maximum Gasteiger partial charge on any atom is 0.0551 e. The van der Waals surface area contributed by atoms with Gasteiger partial charge in [0, 0.05) is 19.3 Å². The van der Waals surface area contributed by atoms with E-state index < -0.39 is 0 Å². The van der Waals surface area contributed by atoms with E-state index in [4.69, 9.17) is 5.73 Å². The van der Waals surface area contributed by atoms with Crippen molar-refractivity contribution >= 4 is 5.69 Å². The normalized spacial score (nSPS) is 34.5. The van der Waals surface area contributed by atoms with E-state index in [1.165, 1.54) is 30.5 Å². The highest BCUT2D eigenvalue weighted by molar-refractivity contribution is 5.55. The Labute approximate surface area is 104 Å². The van der Waals surface area contributed by atoms with Crippen LogP contribution < -0.4 is 10.6 Å². The van der Waals surface area contributed by atoms with Gasteiger partial charge in [0.15, 0.2) is 0 Å². The number of hydrogen-bond acceptors (Lipinski definition) is 2. The van der Waals surface area contributed by atoms with Crippen LogP contribution in [0.1, 0.15) is 24.8 Å². The van der Waals surface area contributed by atoms with Crippen molar-refractivity contribution in [2.45, 2.75) is 31.7 Å². The molecule has 1 aromatic carbocycles. The Morgan fingerprint density at radius 1 is 1.41 bits per heavy atom. The minimum atomic E-state index is 0.233. The van der Waals surface area contributed by atoms with Crippen LogP contribution in [0.3, 0.4) is 0 Å². The lowest BCUT2D eigenvalue weighted by Crippen LogP contribution is -2.53. The SMILES string of the molecule is Cc1ccccc1N(C)C1(CN)CCC2CC21. The third-order valence-corrected chi connectivity index (χ3v) is 5.06. The molecule has 2 fully saturated rings. The van der Waals surface area contributed by atoms with Crippen LogP contribution in [0.25, 0.3) is 0 Å². The number of aryl methyl sites for hydroxylation is 1. The zero-order valence-electron chi connectivity index (χ0n) is 10.8. The second kappa shape index (κ2) is 3.74. The second-order valence-corrected chi connectivity index (χ2v) is 5.79. The maximum atomic E-state index is 6.13. The van der Waals surface area contributed by atoms with E-state index in [1.807, 2.05) is 0 Å². The van der Waals surface area contributed by atoms with Gasteiger partial charge in [-0.05, 0) is 49.7 Å². The first-order valence-corrected chi connectivity index (χ1v) is 6.68. The van der Waals surface area contributed by atoms with E-state index >= 15 is 0 Å². The fourth-order valence-electron chi connectivity index (χ4n) is 3.83. The van der Waals surface area contributed by atoms with Gasteiger partial charge >= 0.3 is 0 Å². The number of rotatable bonds is 3. The molecule has 0 bridgehead atoms. The van der Waals surface area contributed by atoms with Crippen LogP contribution in [0, 0.1) is 18.8 Å². The number of fused-ring (bicyclic) bond motifs is 1. The van der Waals surface area contributed by atoms with Crippen molar-refractivity contribution in [3.05, 3.63) is 29.8 Å². The molecule has 3 atom stereocenters. The maximum absolute atomic E-state index is 6.13. The van der Waals surface area contributed by atoms with E-state index in [9.17, 15) is 0 Å². The van der Waals surface area contributed by atoms with Gasteiger partial charge in [-0.15, -0.1) is 0 Å². The van der Waals surface area contributed by atoms with Gasteiger partial charge < -0.3 is 10.6 Å². The van der Waals surface area contributed by atoms with Gasteiger partial charge in [-0.3, -0.25) is 0 Å². The quantitative estimate of drug-likeness (QED) is 0.864. The molecule has 2 N–H and O–H groups in total. The standard InChI is InChI=1S/C15H22N2/c1-11-5-3-4-6-14(11)17(2)15(10-16)8-7-12-9-13(12)15/h3-6,12-13H,7-10,16H2,1-2H3. The molecule has 0 heterocycles. The average molecular weight is 230 g/mol. The molecule has 2 heteroatoms. The summed E-state index contributed by atoms with van der Waals surface area (Å²) in [5.74, 6) is 1.81. The Balaban J connectivity index is 1.95. The van der Waals surface area contributed by atoms with E-state index in [0.29, 0.717) is 0 Å². The third kappa shape index (κ3) is 1.50. The van der Waals surface area contributed by atoms with Gasteiger partial charge in [-0.2, -0.15) is 0 Å². The Hall–Kier alpha value is -1.02. The van der Waals surface area contributed by atoms with Gasteiger partial charge in [0.25, 0.3) is 0 Å². The molecule has 1 aromatic rings. The number of nitrogens with two attached hydrogens (primary N) is 1. The Bertz CT molecular complexity index is 429. The summed E-state index contributed by atoms with van der Waals surface area (Å²) < 4.78 is 0. The number of benzene rings is 1. The van der Waals surface area contributed by atoms with Crippen molar-refractivity contribution in [2.75, 3.05) is 18.5 Å². The topological polar surface area (TPSA) is 29.3 Å². The Morgan fingerprint density at radius 2 is 2.18 bits per heavy atom. The minimum Gasteiger partial charge on any atom is -0.367 e. The molecule has 3 rings (SSSR count). The molecule has 2 aliphatic carbocycles. The fraction of sp³-hybridized carbons (Fsp3) is 0.600. The molecule has 0 aliphatic heterocycles. The number of likely N-dealkylation sites (N-methyl/N-ethyl adjacent to an activating group) is 1. The van der Waals surface area contributed by atoms with Crippen LogP contribution in [-0.4, -0.2) is 19.1 Å². The second-order valence-electron chi connectivity index (χ2n) is 5.79. The number of nitrogens with zero attached hydrogens (tertiary/aromatic N) is 1. The molecule has 0 radical (unpaired) electrons. The van der Waals surface area contributed by atoms with Crippen LogP contribution >= 0.6 is 0 Å². The summed E-state index contributed by atoms with van der Waals surface area (Å²) in [6.45, 7) is 2.98. The van der Waals surface area contributed by atoms with Gasteiger partial charge in [0.05, 0.1) is 5.54 Å². The lowest BCUT2D eigenvalue weighted by atomic mass is 9.90. The van der Waals surface area contributed by atoms with Crippen LogP contribution in [0.2, 0.25) is 0 Å². The van der Waals surface area contributed by atoms with E-state index in [0.717, 1.165) is 18.4 Å². The molecule has 2 nitrogen and oxygen atoms in total.